The second-order valence-electron chi connectivity index (χ2n) is 4.39. The molecule has 18 heavy (non-hydrogen) atoms. The van der Waals surface area contributed by atoms with Gasteiger partial charge in [-0.15, -0.1) is 0 Å². The van der Waals surface area contributed by atoms with Crippen molar-refractivity contribution in [3.05, 3.63) is 47.9 Å². The van der Waals surface area contributed by atoms with E-state index in [1.54, 1.807) is 11.0 Å². The van der Waals surface area contributed by atoms with E-state index in [-0.39, 0.29) is 17.7 Å². The van der Waals surface area contributed by atoms with E-state index in [2.05, 4.69) is 5.16 Å². The summed E-state index contributed by atoms with van der Waals surface area (Å²) in [7, 11) is 0. The maximum absolute atomic E-state index is 12.3. The van der Waals surface area contributed by atoms with Crippen molar-refractivity contribution in [1.82, 2.24) is 5.16 Å². The van der Waals surface area contributed by atoms with Gasteiger partial charge >= 0.3 is 0 Å². The summed E-state index contributed by atoms with van der Waals surface area (Å²) >= 11 is 0. The molecule has 1 aromatic heterocycles. The Morgan fingerprint density at radius 1 is 1.39 bits per heavy atom. The van der Waals surface area contributed by atoms with Crippen LogP contribution in [0.5, 0.6) is 0 Å². The third-order valence-corrected chi connectivity index (χ3v) is 3.08. The summed E-state index contributed by atoms with van der Waals surface area (Å²) in [6.07, 6.45) is 2.25. The number of carbonyl (C=O) groups excluding carboxylic acids is 1. The van der Waals surface area contributed by atoms with Gasteiger partial charge in [-0.25, -0.2) is 0 Å². The zero-order chi connectivity index (χ0) is 12.5. The maximum Gasteiger partial charge on any atom is 0.296 e. The van der Waals surface area contributed by atoms with Crippen molar-refractivity contribution in [2.45, 2.75) is 12.5 Å². The van der Waals surface area contributed by atoms with E-state index in [9.17, 15) is 4.79 Å². The topological polar surface area (TPSA) is 72.4 Å². The molecule has 0 saturated heterocycles. The molecule has 0 spiro atoms. The first-order valence-electron chi connectivity index (χ1n) is 5.82. The number of benzene rings is 1. The lowest BCUT2D eigenvalue weighted by molar-refractivity contribution is 0.0947. The molecule has 2 heterocycles. The molecule has 2 N–H and O–H groups in total. The van der Waals surface area contributed by atoms with Gasteiger partial charge in [0, 0.05) is 24.3 Å². The molecule has 1 unspecified atom stereocenters. The van der Waals surface area contributed by atoms with Crippen LogP contribution in [0, 0.1) is 0 Å². The second-order valence-corrected chi connectivity index (χ2v) is 4.39. The van der Waals surface area contributed by atoms with Gasteiger partial charge in [0.1, 0.15) is 0 Å². The van der Waals surface area contributed by atoms with E-state index >= 15 is 0 Å². The van der Waals surface area contributed by atoms with Crippen molar-refractivity contribution in [2.24, 2.45) is 5.73 Å². The molecule has 1 atom stereocenters. The molecule has 3 rings (SSSR count). The first-order valence-corrected chi connectivity index (χ1v) is 5.82. The van der Waals surface area contributed by atoms with E-state index < -0.39 is 0 Å². The number of carbonyl (C=O) groups is 1. The molecular weight excluding hydrogens is 230 g/mol. The van der Waals surface area contributed by atoms with Crippen LogP contribution in [0.4, 0.5) is 5.69 Å². The van der Waals surface area contributed by atoms with Crippen LogP contribution in [0.25, 0.3) is 0 Å². The van der Waals surface area contributed by atoms with Gasteiger partial charge in [-0.3, -0.25) is 4.79 Å². The van der Waals surface area contributed by atoms with Crippen LogP contribution in [0.15, 0.2) is 41.1 Å². The molecular formula is C13H13N3O2. The van der Waals surface area contributed by atoms with Crippen LogP contribution in [0.2, 0.25) is 0 Å². The van der Waals surface area contributed by atoms with Crippen molar-refractivity contribution in [3.63, 3.8) is 0 Å². The molecule has 0 saturated carbocycles. The number of nitrogens with two attached hydrogens (primary N) is 1. The van der Waals surface area contributed by atoms with Gasteiger partial charge in [0.05, 0.1) is 6.20 Å². The standard InChI is InChI=1S/C13H13N3O2/c14-10-7-9-3-1-2-4-11(9)16(8-10)13(17)12-5-6-15-18-12/h1-6,10H,7-8,14H2. The molecule has 0 aliphatic carbocycles. The Balaban J connectivity index is 2.00. The molecule has 92 valence electrons. The fourth-order valence-corrected chi connectivity index (χ4v) is 2.28. The van der Waals surface area contributed by atoms with E-state index in [1.165, 1.54) is 6.20 Å². The van der Waals surface area contributed by atoms with Crippen LogP contribution >= 0.6 is 0 Å². The SMILES string of the molecule is NC1Cc2ccccc2N(C(=O)c2ccno2)C1. The molecule has 1 aromatic carbocycles. The Morgan fingerprint density at radius 2 is 2.22 bits per heavy atom. The molecule has 5 nitrogen and oxygen atoms in total. The minimum atomic E-state index is -0.199. The van der Waals surface area contributed by atoms with Crippen LogP contribution in [-0.2, 0) is 6.42 Å². The lowest BCUT2D eigenvalue weighted by Crippen LogP contribution is -2.46. The predicted molar refractivity (Wildman–Crippen MR) is 66.3 cm³/mol. The fraction of sp³-hybridized carbons (Fsp3) is 0.231. The van der Waals surface area contributed by atoms with Gasteiger partial charge < -0.3 is 15.2 Å². The Hall–Kier alpha value is -2.14. The third kappa shape index (κ3) is 1.78. The molecule has 2 aromatic rings. The van der Waals surface area contributed by atoms with Crippen molar-refractivity contribution in [1.29, 1.82) is 0 Å². The molecule has 1 aliphatic rings. The average Bonchev–Trinajstić information content (AvgIpc) is 2.90. The quantitative estimate of drug-likeness (QED) is 0.817. The van der Waals surface area contributed by atoms with Crippen molar-refractivity contribution in [3.8, 4) is 0 Å². The summed E-state index contributed by atoms with van der Waals surface area (Å²) in [5.41, 5.74) is 7.98. The number of anilines is 1. The zero-order valence-corrected chi connectivity index (χ0v) is 9.74. The maximum atomic E-state index is 12.3. The molecule has 1 amide bonds. The lowest BCUT2D eigenvalue weighted by atomic mass is 9.98. The van der Waals surface area contributed by atoms with Gasteiger partial charge in [0.15, 0.2) is 0 Å². The fourth-order valence-electron chi connectivity index (χ4n) is 2.28. The first-order chi connectivity index (χ1) is 8.75. The lowest BCUT2D eigenvalue weighted by Gasteiger charge is -2.32. The molecule has 0 fully saturated rings. The van der Waals surface area contributed by atoms with Gasteiger partial charge in [0.2, 0.25) is 5.76 Å². The zero-order valence-electron chi connectivity index (χ0n) is 9.74. The minimum Gasteiger partial charge on any atom is -0.351 e. The monoisotopic (exact) mass is 243 g/mol. The van der Waals surface area contributed by atoms with Crippen LogP contribution in [0.1, 0.15) is 16.1 Å². The molecule has 5 heteroatoms. The Bertz CT molecular complexity index is 565. The van der Waals surface area contributed by atoms with E-state index in [4.69, 9.17) is 10.3 Å². The summed E-state index contributed by atoms with van der Waals surface area (Å²) in [5.74, 6) is 0.0361. The van der Waals surface area contributed by atoms with E-state index in [0.717, 1.165) is 17.7 Å². The Kier molecular flexibility index (Phi) is 2.60. The van der Waals surface area contributed by atoms with E-state index in [1.807, 2.05) is 24.3 Å². The number of amides is 1. The molecule has 1 aliphatic heterocycles. The van der Waals surface area contributed by atoms with Gasteiger partial charge in [-0.1, -0.05) is 23.4 Å². The number of rotatable bonds is 1. The summed E-state index contributed by atoms with van der Waals surface area (Å²) in [4.78, 5) is 14.0. The smallest absolute Gasteiger partial charge is 0.296 e. The van der Waals surface area contributed by atoms with Crippen molar-refractivity contribution in [2.75, 3.05) is 11.4 Å². The second kappa shape index (κ2) is 4.27. The average molecular weight is 243 g/mol. The first kappa shape index (κ1) is 11.0. The minimum absolute atomic E-state index is 0.0493. The summed E-state index contributed by atoms with van der Waals surface area (Å²) in [6, 6.07) is 9.30. The van der Waals surface area contributed by atoms with E-state index in [0.29, 0.717) is 6.54 Å². The highest BCUT2D eigenvalue weighted by Gasteiger charge is 2.28. The number of aromatic nitrogens is 1. The van der Waals surface area contributed by atoms with Crippen molar-refractivity contribution < 1.29 is 9.32 Å². The molecule has 0 radical (unpaired) electrons. The molecule has 0 bridgehead atoms. The summed E-state index contributed by atoms with van der Waals surface area (Å²) in [5, 5.41) is 3.56. The summed E-state index contributed by atoms with van der Waals surface area (Å²) < 4.78 is 4.92. The number of hydrogen-bond donors (Lipinski definition) is 1. The van der Waals surface area contributed by atoms with Crippen LogP contribution < -0.4 is 10.6 Å². The predicted octanol–water partition coefficient (Wildman–Crippen LogP) is 1.20. The number of hydrogen-bond acceptors (Lipinski definition) is 4. The highest BCUT2D eigenvalue weighted by atomic mass is 16.5. The highest BCUT2D eigenvalue weighted by Crippen LogP contribution is 2.27. The van der Waals surface area contributed by atoms with Crippen LogP contribution in [-0.4, -0.2) is 23.7 Å². The van der Waals surface area contributed by atoms with Crippen LogP contribution in [0.3, 0.4) is 0 Å². The Morgan fingerprint density at radius 3 is 3.00 bits per heavy atom. The normalized spacial score (nSPS) is 18.5. The summed E-state index contributed by atoms with van der Waals surface area (Å²) in [6.45, 7) is 0.497. The number of nitrogens with zero attached hydrogens (tertiary/aromatic N) is 2. The van der Waals surface area contributed by atoms with Crippen molar-refractivity contribution >= 4 is 11.6 Å². The van der Waals surface area contributed by atoms with Gasteiger partial charge in [-0.05, 0) is 18.1 Å². The largest absolute Gasteiger partial charge is 0.351 e. The highest BCUT2D eigenvalue weighted by molar-refractivity contribution is 6.04. The van der Waals surface area contributed by atoms with Gasteiger partial charge in [0.25, 0.3) is 5.91 Å². The van der Waals surface area contributed by atoms with Gasteiger partial charge in [-0.2, -0.15) is 0 Å². The third-order valence-electron chi connectivity index (χ3n) is 3.08. The Labute approximate surface area is 104 Å². The number of fused-ring (bicyclic) bond motifs is 1. The number of para-hydroxylation sites is 1.